The minimum Gasteiger partial charge on any atom is -0.481 e. The first-order valence-electron chi connectivity index (χ1n) is 4.06. The number of aryl methyl sites for hydroxylation is 1. The average Bonchev–Trinajstić information content (AvgIpc) is 2.07. The first kappa shape index (κ1) is 11.0. The van der Waals surface area contributed by atoms with E-state index in [0.29, 0.717) is 5.56 Å². The predicted octanol–water partition coefficient (Wildman–Crippen LogP) is 0.714. The first-order valence-corrected chi connectivity index (χ1v) is 5.41. The van der Waals surface area contributed by atoms with Gasteiger partial charge in [0.05, 0.1) is 6.42 Å². The van der Waals surface area contributed by atoms with Crippen LogP contribution in [0.4, 0.5) is 0 Å². The van der Waals surface area contributed by atoms with Crippen molar-refractivity contribution >= 4 is 19.3 Å². The van der Waals surface area contributed by atoms with Crippen molar-refractivity contribution in [3.8, 4) is 0 Å². The van der Waals surface area contributed by atoms with E-state index >= 15 is 0 Å². The molecule has 0 bridgehead atoms. The van der Waals surface area contributed by atoms with Crippen LogP contribution in [0, 0.1) is 6.92 Å². The van der Waals surface area contributed by atoms with Crippen LogP contribution in [0.3, 0.4) is 0 Å². The molecule has 0 aliphatic heterocycles. The molecule has 76 valence electrons. The van der Waals surface area contributed by atoms with Crippen LogP contribution in [-0.4, -0.2) is 16.0 Å². The molecule has 2 N–H and O–H groups in total. The second kappa shape index (κ2) is 4.40. The zero-order valence-electron chi connectivity index (χ0n) is 7.65. The van der Waals surface area contributed by atoms with Crippen LogP contribution in [0.25, 0.3) is 0 Å². The lowest BCUT2D eigenvalue weighted by molar-refractivity contribution is -0.136. The molecule has 0 heterocycles. The van der Waals surface area contributed by atoms with E-state index in [2.05, 4.69) is 0 Å². The maximum absolute atomic E-state index is 10.9. The fourth-order valence-electron chi connectivity index (χ4n) is 1.29. The van der Waals surface area contributed by atoms with E-state index in [1.807, 2.05) is 0 Å². The van der Waals surface area contributed by atoms with Gasteiger partial charge >= 0.3 is 5.97 Å². The Balaban J connectivity index is 3.22. The zero-order valence-corrected chi connectivity index (χ0v) is 8.65. The molecule has 1 aromatic carbocycles. The van der Waals surface area contributed by atoms with E-state index in [-0.39, 0.29) is 11.7 Å². The lowest BCUT2D eigenvalue weighted by Gasteiger charge is -2.07. The van der Waals surface area contributed by atoms with Crippen molar-refractivity contribution in [3.63, 3.8) is 0 Å². The van der Waals surface area contributed by atoms with Gasteiger partial charge in [0.1, 0.15) is 0 Å². The fourth-order valence-corrected chi connectivity index (χ4v) is 2.07. The van der Waals surface area contributed by atoms with Gasteiger partial charge in [-0.25, -0.2) is 0 Å². The third-order valence-corrected chi connectivity index (χ3v) is 2.90. The molecular formula is C9H11O4P. The monoisotopic (exact) mass is 214 g/mol. The molecule has 0 aromatic heterocycles. The van der Waals surface area contributed by atoms with Gasteiger partial charge in [0.15, 0.2) is 0 Å². The van der Waals surface area contributed by atoms with E-state index in [1.54, 1.807) is 19.1 Å². The average molecular weight is 214 g/mol. The number of carbonyl (C=O) groups is 1. The molecule has 0 fully saturated rings. The molecule has 0 spiro atoms. The maximum atomic E-state index is 10.9. The molecule has 1 aromatic rings. The van der Waals surface area contributed by atoms with Crippen LogP contribution >= 0.6 is 8.03 Å². The molecule has 0 saturated heterocycles. The second-order valence-corrected chi connectivity index (χ2v) is 4.13. The molecule has 4 nitrogen and oxygen atoms in total. The number of benzene rings is 1. The number of hydrogen-bond acceptors (Lipinski definition) is 2. The fraction of sp³-hybridized carbons (Fsp3) is 0.222. The van der Waals surface area contributed by atoms with Crippen molar-refractivity contribution in [2.45, 2.75) is 13.3 Å². The smallest absolute Gasteiger partial charge is 0.307 e. The lowest BCUT2D eigenvalue weighted by atomic mass is 10.1. The van der Waals surface area contributed by atoms with Gasteiger partial charge in [0.2, 0.25) is 8.03 Å². The van der Waals surface area contributed by atoms with Gasteiger partial charge in [-0.15, -0.1) is 0 Å². The molecule has 5 heteroatoms. The summed E-state index contributed by atoms with van der Waals surface area (Å²) in [5.41, 5.74) is 1.18. The summed E-state index contributed by atoms with van der Waals surface area (Å²) in [6.45, 7) is 1.73. The van der Waals surface area contributed by atoms with Crippen LogP contribution in [-0.2, 0) is 15.8 Å². The Hall–Kier alpha value is -1.12. The van der Waals surface area contributed by atoms with Gasteiger partial charge in [-0.2, -0.15) is 0 Å². The third kappa shape index (κ3) is 2.44. The highest BCUT2D eigenvalue weighted by Gasteiger charge is 2.12. The zero-order chi connectivity index (χ0) is 10.7. The van der Waals surface area contributed by atoms with Crippen molar-refractivity contribution in [2.24, 2.45) is 0 Å². The van der Waals surface area contributed by atoms with E-state index < -0.39 is 14.0 Å². The van der Waals surface area contributed by atoms with Gasteiger partial charge in [-0.1, -0.05) is 12.1 Å². The Labute approximate surface area is 82.1 Å². The SMILES string of the molecule is Cc1cccc([PH](=O)O)c1CC(=O)O. The minimum atomic E-state index is -2.82. The Kier molecular flexibility index (Phi) is 3.44. The first-order chi connectivity index (χ1) is 6.52. The summed E-state index contributed by atoms with van der Waals surface area (Å²) >= 11 is 0. The highest BCUT2D eigenvalue weighted by molar-refractivity contribution is 7.47. The molecule has 0 radical (unpaired) electrons. The van der Waals surface area contributed by atoms with Gasteiger partial charge < -0.3 is 10.00 Å². The summed E-state index contributed by atoms with van der Waals surface area (Å²) in [7, 11) is -2.82. The van der Waals surface area contributed by atoms with Crippen LogP contribution in [0.5, 0.6) is 0 Å². The molecule has 14 heavy (non-hydrogen) atoms. The summed E-state index contributed by atoms with van der Waals surface area (Å²) in [6.07, 6.45) is -0.209. The van der Waals surface area contributed by atoms with Crippen LogP contribution in [0.2, 0.25) is 0 Å². The van der Waals surface area contributed by atoms with Crippen LogP contribution in [0.1, 0.15) is 11.1 Å². The van der Waals surface area contributed by atoms with Gasteiger partial charge in [-0.3, -0.25) is 9.36 Å². The van der Waals surface area contributed by atoms with E-state index in [4.69, 9.17) is 10.00 Å². The van der Waals surface area contributed by atoms with Crippen molar-refractivity contribution in [1.29, 1.82) is 0 Å². The van der Waals surface area contributed by atoms with Crippen molar-refractivity contribution in [2.75, 3.05) is 0 Å². The third-order valence-electron chi connectivity index (χ3n) is 1.97. The quantitative estimate of drug-likeness (QED) is 0.727. The summed E-state index contributed by atoms with van der Waals surface area (Å²) in [6, 6.07) is 4.87. The molecule has 0 aliphatic rings. The number of hydrogen-bond donors (Lipinski definition) is 2. The summed E-state index contributed by atoms with van der Waals surface area (Å²) < 4.78 is 10.9. The molecule has 1 rings (SSSR count). The standard InChI is InChI=1S/C9H11O4P/c1-6-3-2-4-8(14(12)13)7(6)5-9(10)11/h2-4,14H,5H2,1H3,(H,10,11)(H,12,13). The minimum absolute atomic E-state index is 0.209. The van der Waals surface area contributed by atoms with Gasteiger partial charge in [0.25, 0.3) is 0 Å². The number of rotatable bonds is 3. The summed E-state index contributed by atoms with van der Waals surface area (Å²) in [4.78, 5) is 19.5. The molecule has 1 unspecified atom stereocenters. The Bertz CT molecular complexity index is 386. The summed E-state index contributed by atoms with van der Waals surface area (Å²) in [5.74, 6) is -0.996. The van der Waals surface area contributed by atoms with Crippen molar-refractivity contribution in [3.05, 3.63) is 29.3 Å². The number of aliphatic carboxylic acids is 1. The molecular weight excluding hydrogens is 203 g/mol. The van der Waals surface area contributed by atoms with Crippen LogP contribution in [0.15, 0.2) is 18.2 Å². The van der Waals surface area contributed by atoms with E-state index in [1.165, 1.54) is 6.07 Å². The number of carboxylic acid groups (broad SMARTS) is 1. The van der Waals surface area contributed by atoms with Crippen molar-refractivity contribution in [1.82, 2.24) is 0 Å². The van der Waals surface area contributed by atoms with Gasteiger partial charge in [-0.05, 0) is 24.1 Å². The molecule has 0 saturated carbocycles. The molecule has 1 atom stereocenters. The van der Waals surface area contributed by atoms with E-state index in [9.17, 15) is 9.36 Å². The molecule has 0 aliphatic carbocycles. The van der Waals surface area contributed by atoms with Crippen molar-refractivity contribution < 1.29 is 19.4 Å². The Morgan fingerprint density at radius 1 is 1.50 bits per heavy atom. The van der Waals surface area contributed by atoms with Gasteiger partial charge in [0, 0.05) is 5.30 Å². The van der Waals surface area contributed by atoms with E-state index in [0.717, 1.165) is 5.56 Å². The maximum Gasteiger partial charge on any atom is 0.307 e. The topological polar surface area (TPSA) is 74.6 Å². The normalized spacial score (nSPS) is 12.4. The largest absolute Gasteiger partial charge is 0.481 e. The summed E-state index contributed by atoms with van der Waals surface area (Å²) in [5, 5.41) is 8.87. The Morgan fingerprint density at radius 3 is 2.64 bits per heavy atom. The predicted molar refractivity (Wildman–Crippen MR) is 53.4 cm³/mol. The molecule has 0 amide bonds. The number of carboxylic acids is 1. The van der Waals surface area contributed by atoms with Crippen LogP contribution < -0.4 is 5.30 Å². The second-order valence-electron chi connectivity index (χ2n) is 2.98. The Morgan fingerprint density at radius 2 is 2.14 bits per heavy atom. The lowest BCUT2D eigenvalue weighted by Crippen LogP contribution is -2.12. The highest BCUT2D eigenvalue weighted by Crippen LogP contribution is 2.19. The highest BCUT2D eigenvalue weighted by atomic mass is 31.1.